The lowest BCUT2D eigenvalue weighted by Gasteiger charge is -2.60. The molecule has 0 aromatic heterocycles. The fourth-order valence-electron chi connectivity index (χ4n) is 4.01. The molecular weight excluding hydrogens is 224 g/mol. The second-order valence-electron chi connectivity index (χ2n) is 7.05. The van der Waals surface area contributed by atoms with E-state index in [0.29, 0.717) is 11.5 Å². The Morgan fingerprint density at radius 2 is 1.50 bits per heavy atom. The second kappa shape index (κ2) is 4.75. The Morgan fingerprint density at radius 1 is 0.889 bits per heavy atom. The predicted octanol–water partition coefficient (Wildman–Crippen LogP) is 0.217. The molecule has 0 aliphatic carbocycles. The summed E-state index contributed by atoms with van der Waals surface area (Å²) in [6.45, 7) is 16.1. The average Bonchev–Trinajstić information content (AvgIpc) is 2.25. The van der Waals surface area contributed by atoms with Gasteiger partial charge in [0.05, 0.1) is 6.67 Å². The molecule has 18 heavy (non-hydrogen) atoms. The van der Waals surface area contributed by atoms with Crippen LogP contribution in [0.2, 0.25) is 0 Å². The van der Waals surface area contributed by atoms with Gasteiger partial charge in [-0.3, -0.25) is 14.7 Å². The minimum atomic E-state index is 0.689. The number of hydrogen-bond donors (Lipinski definition) is 0. The van der Waals surface area contributed by atoms with Gasteiger partial charge in [-0.15, -0.1) is 0 Å². The average molecular weight is 252 g/mol. The molecule has 0 radical (unpaired) electrons. The van der Waals surface area contributed by atoms with E-state index >= 15 is 0 Å². The summed E-state index contributed by atoms with van der Waals surface area (Å²) >= 11 is 0. The van der Waals surface area contributed by atoms with E-state index in [-0.39, 0.29) is 0 Å². The highest BCUT2D eigenvalue weighted by molar-refractivity contribution is 5.04. The lowest BCUT2D eigenvalue weighted by atomic mass is 9.73. The van der Waals surface area contributed by atoms with Gasteiger partial charge in [0.2, 0.25) is 0 Å². The molecule has 0 bridgehead atoms. The van der Waals surface area contributed by atoms with E-state index in [0.717, 1.165) is 0 Å². The zero-order valence-electron chi connectivity index (χ0n) is 12.2. The van der Waals surface area contributed by atoms with Gasteiger partial charge in [0, 0.05) is 63.8 Å². The van der Waals surface area contributed by atoms with Crippen LogP contribution in [0.5, 0.6) is 0 Å². The van der Waals surface area contributed by atoms with Crippen LogP contribution >= 0.6 is 0 Å². The predicted molar refractivity (Wildman–Crippen MR) is 74.7 cm³/mol. The van der Waals surface area contributed by atoms with Gasteiger partial charge < -0.3 is 4.90 Å². The fourth-order valence-corrected chi connectivity index (χ4v) is 4.01. The SMILES string of the molecule is CC(C)N1CCN(CN2CC3(CN(C)C3)C2)CC1. The molecule has 0 aromatic carbocycles. The molecule has 3 heterocycles. The lowest BCUT2D eigenvalue weighted by Crippen LogP contribution is -2.72. The Balaban J connectivity index is 1.36. The first-order chi connectivity index (χ1) is 8.56. The highest BCUT2D eigenvalue weighted by atomic mass is 15.4. The third kappa shape index (κ3) is 2.44. The van der Waals surface area contributed by atoms with Crippen LogP contribution in [0, 0.1) is 5.41 Å². The minimum absolute atomic E-state index is 0.689. The molecule has 3 aliphatic rings. The van der Waals surface area contributed by atoms with Crippen LogP contribution < -0.4 is 0 Å². The summed E-state index contributed by atoms with van der Waals surface area (Å²) in [4.78, 5) is 10.3. The van der Waals surface area contributed by atoms with E-state index in [1.54, 1.807) is 0 Å². The van der Waals surface area contributed by atoms with Gasteiger partial charge >= 0.3 is 0 Å². The zero-order chi connectivity index (χ0) is 12.8. The molecule has 3 saturated heterocycles. The number of rotatable bonds is 3. The van der Waals surface area contributed by atoms with Gasteiger partial charge in [0.1, 0.15) is 0 Å². The second-order valence-corrected chi connectivity index (χ2v) is 7.05. The monoisotopic (exact) mass is 252 g/mol. The van der Waals surface area contributed by atoms with E-state index in [4.69, 9.17) is 0 Å². The summed E-state index contributed by atoms with van der Waals surface area (Å²) in [5, 5.41) is 0. The van der Waals surface area contributed by atoms with Crippen molar-refractivity contribution < 1.29 is 0 Å². The topological polar surface area (TPSA) is 13.0 Å². The van der Waals surface area contributed by atoms with Crippen molar-refractivity contribution in [1.82, 2.24) is 19.6 Å². The molecule has 3 fully saturated rings. The highest BCUT2D eigenvalue weighted by Crippen LogP contribution is 2.38. The molecule has 104 valence electrons. The summed E-state index contributed by atoms with van der Waals surface area (Å²) < 4.78 is 0. The molecule has 4 nitrogen and oxygen atoms in total. The van der Waals surface area contributed by atoms with Crippen molar-refractivity contribution in [2.45, 2.75) is 19.9 Å². The van der Waals surface area contributed by atoms with E-state index < -0.39 is 0 Å². The Labute approximate surface area is 112 Å². The standard InChI is InChI=1S/C14H28N4/c1-13(2)18-6-4-16(5-7-18)12-17-10-14(11-17)8-15(3)9-14/h13H,4-12H2,1-3H3. The third-order valence-corrected chi connectivity index (χ3v) is 4.87. The number of likely N-dealkylation sites (tertiary alicyclic amines) is 2. The van der Waals surface area contributed by atoms with Crippen molar-refractivity contribution in [3.8, 4) is 0 Å². The van der Waals surface area contributed by atoms with Gasteiger partial charge in [0.25, 0.3) is 0 Å². The van der Waals surface area contributed by atoms with Crippen molar-refractivity contribution in [3.05, 3.63) is 0 Å². The first kappa shape index (κ1) is 12.9. The van der Waals surface area contributed by atoms with Crippen LogP contribution in [0.15, 0.2) is 0 Å². The Hall–Kier alpha value is -0.160. The van der Waals surface area contributed by atoms with Gasteiger partial charge in [-0.05, 0) is 20.9 Å². The lowest BCUT2D eigenvalue weighted by molar-refractivity contribution is -0.123. The summed E-state index contributed by atoms with van der Waals surface area (Å²) in [6, 6.07) is 0.713. The molecule has 0 atom stereocenters. The van der Waals surface area contributed by atoms with E-state index in [2.05, 4.69) is 40.5 Å². The van der Waals surface area contributed by atoms with Crippen molar-refractivity contribution in [2.24, 2.45) is 5.41 Å². The molecule has 0 N–H and O–H groups in total. The fraction of sp³-hybridized carbons (Fsp3) is 1.00. The Kier molecular flexibility index (Phi) is 3.39. The van der Waals surface area contributed by atoms with Crippen LogP contribution in [0.25, 0.3) is 0 Å². The summed E-state index contributed by atoms with van der Waals surface area (Å²) in [7, 11) is 2.24. The van der Waals surface area contributed by atoms with Crippen molar-refractivity contribution in [3.63, 3.8) is 0 Å². The molecule has 0 unspecified atom stereocenters. The normalized spacial score (nSPS) is 30.7. The number of nitrogens with zero attached hydrogens (tertiary/aromatic N) is 4. The Morgan fingerprint density at radius 3 is 2.00 bits per heavy atom. The van der Waals surface area contributed by atoms with Gasteiger partial charge in [0.15, 0.2) is 0 Å². The van der Waals surface area contributed by atoms with Gasteiger partial charge in [-0.1, -0.05) is 0 Å². The van der Waals surface area contributed by atoms with E-state index in [1.807, 2.05) is 0 Å². The molecule has 1 spiro atoms. The van der Waals surface area contributed by atoms with Crippen molar-refractivity contribution in [2.75, 3.05) is 66.1 Å². The largest absolute Gasteiger partial charge is 0.305 e. The van der Waals surface area contributed by atoms with Crippen LogP contribution in [-0.4, -0.2) is 91.7 Å². The molecule has 0 amide bonds. The maximum Gasteiger partial charge on any atom is 0.0507 e. The first-order valence-corrected chi connectivity index (χ1v) is 7.44. The molecular formula is C14H28N4. The number of hydrogen-bond acceptors (Lipinski definition) is 4. The van der Waals surface area contributed by atoms with Gasteiger partial charge in [-0.25, -0.2) is 0 Å². The van der Waals surface area contributed by atoms with Crippen LogP contribution in [0.1, 0.15) is 13.8 Å². The molecule has 0 saturated carbocycles. The van der Waals surface area contributed by atoms with Crippen LogP contribution in [0.4, 0.5) is 0 Å². The highest BCUT2D eigenvalue weighted by Gasteiger charge is 2.50. The Bertz CT molecular complexity index is 282. The summed E-state index contributed by atoms with van der Waals surface area (Å²) in [6.07, 6.45) is 0. The van der Waals surface area contributed by atoms with Crippen molar-refractivity contribution in [1.29, 1.82) is 0 Å². The minimum Gasteiger partial charge on any atom is -0.305 e. The summed E-state index contributed by atoms with van der Waals surface area (Å²) in [5.41, 5.74) is 0.689. The maximum absolute atomic E-state index is 2.64. The van der Waals surface area contributed by atoms with E-state index in [1.165, 1.54) is 59.0 Å². The zero-order valence-corrected chi connectivity index (χ0v) is 12.2. The van der Waals surface area contributed by atoms with Crippen molar-refractivity contribution >= 4 is 0 Å². The maximum atomic E-state index is 2.64. The quantitative estimate of drug-likeness (QED) is 0.712. The molecule has 4 heteroatoms. The number of piperazine rings is 1. The van der Waals surface area contributed by atoms with Gasteiger partial charge in [-0.2, -0.15) is 0 Å². The first-order valence-electron chi connectivity index (χ1n) is 7.44. The third-order valence-electron chi connectivity index (χ3n) is 4.87. The molecule has 3 rings (SSSR count). The smallest absolute Gasteiger partial charge is 0.0507 e. The molecule has 3 aliphatic heterocycles. The van der Waals surface area contributed by atoms with Crippen LogP contribution in [0.3, 0.4) is 0 Å². The molecule has 0 aromatic rings. The van der Waals surface area contributed by atoms with E-state index in [9.17, 15) is 0 Å². The van der Waals surface area contributed by atoms with Crippen LogP contribution in [-0.2, 0) is 0 Å². The summed E-state index contributed by atoms with van der Waals surface area (Å²) in [5.74, 6) is 0.